The minimum atomic E-state index is -0.633. The third kappa shape index (κ3) is 6.41. The first kappa shape index (κ1) is 24.0. The van der Waals surface area contributed by atoms with Crippen molar-refractivity contribution in [2.75, 3.05) is 12.4 Å². The van der Waals surface area contributed by atoms with Crippen LogP contribution in [0.1, 0.15) is 15.9 Å². The van der Waals surface area contributed by atoms with Gasteiger partial charge in [0.05, 0.1) is 17.6 Å². The molecular weight excluding hydrogens is 514 g/mol. The number of rotatable bonds is 7. The number of methoxy groups -OCH3 is 1. The van der Waals surface area contributed by atoms with E-state index in [0.717, 1.165) is 0 Å². The van der Waals surface area contributed by atoms with Gasteiger partial charge in [0.25, 0.3) is 17.5 Å². The predicted octanol–water partition coefficient (Wildman–Crippen LogP) is 5.43. The third-order valence-electron chi connectivity index (χ3n) is 4.39. The van der Waals surface area contributed by atoms with Crippen LogP contribution in [0.25, 0.3) is 6.08 Å². The molecule has 0 aromatic heterocycles. The van der Waals surface area contributed by atoms with E-state index < -0.39 is 16.7 Å². The summed E-state index contributed by atoms with van der Waals surface area (Å²) in [5.74, 6) is -0.925. The zero-order valence-electron chi connectivity index (χ0n) is 17.2. The van der Waals surface area contributed by atoms with Crippen molar-refractivity contribution in [3.05, 3.63) is 103 Å². The highest BCUT2D eigenvalue weighted by Gasteiger charge is 2.19. The maximum absolute atomic E-state index is 13.0. The van der Waals surface area contributed by atoms with Crippen molar-refractivity contribution in [3.63, 3.8) is 0 Å². The molecule has 168 valence electrons. The van der Waals surface area contributed by atoms with Crippen molar-refractivity contribution in [2.45, 2.75) is 0 Å². The Kier molecular flexibility index (Phi) is 7.81. The number of nitrogens with zero attached hydrogens (tertiary/aromatic N) is 1. The summed E-state index contributed by atoms with van der Waals surface area (Å²) >= 11 is 9.19. The lowest BCUT2D eigenvalue weighted by molar-refractivity contribution is -0.384. The number of nitrogens with one attached hydrogen (secondary N) is 2. The number of nitro benzene ring substituents is 1. The van der Waals surface area contributed by atoms with Crippen LogP contribution >= 0.6 is 27.5 Å². The largest absolute Gasteiger partial charge is 0.496 e. The molecular formula is C23H17BrClN3O5. The standard InChI is InChI=1S/C23H17BrClN3O5/c1-33-21-10-5-15(24)13-19(21)22(29)27-20(12-14-3-2-4-18(11-14)28(31)32)23(30)26-17-8-6-16(25)7-9-17/h2-13H,1H3,(H,26,30)(H,27,29)/b20-12-. The van der Waals surface area contributed by atoms with Crippen LogP contribution in [0.4, 0.5) is 11.4 Å². The summed E-state index contributed by atoms with van der Waals surface area (Å²) < 4.78 is 5.88. The van der Waals surface area contributed by atoms with Crippen molar-refractivity contribution < 1.29 is 19.2 Å². The minimum absolute atomic E-state index is 0.127. The van der Waals surface area contributed by atoms with Crippen molar-refractivity contribution in [3.8, 4) is 5.75 Å². The SMILES string of the molecule is COc1ccc(Br)cc1C(=O)N/C(=C\c1cccc([N+](=O)[O-])c1)C(=O)Nc1ccc(Cl)cc1. The lowest BCUT2D eigenvalue weighted by atomic mass is 10.1. The Bertz CT molecular complexity index is 1250. The van der Waals surface area contributed by atoms with Crippen molar-refractivity contribution in [1.29, 1.82) is 0 Å². The van der Waals surface area contributed by atoms with E-state index in [1.54, 1.807) is 48.5 Å². The number of halogens is 2. The van der Waals surface area contributed by atoms with Crippen molar-refractivity contribution in [1.82, 2.24) is 5.32 Å². The number of amides is 2. The van der Waals surface area contributed by atoms with Crippen LogP contribution < -0.4 is 15.4 Å². The molecule has 33 heavy (non-hydrogen) atoms. The Hall–Kier alpha value is -3.69. The van der Waals surface area contributed by atoms with Crippen molar-refractivity contribution in [2.24, 2.45) is 0 Å². The third-order valence-corrected chi connectivity index (χ3v) is 5.14. The molecule has 2 N–H and O–H groups in total. The van der Waals surface area contributed by atoms with Gasteiger partial charge < -0.3 is 15.4 Å². The minimum Gasteiger partial charge on any atom is -0.496 e. The van der Waals surface area contributed by atoms with E-state index in [1.165, 1.54) is 31.4 Å². The number of benzene rings is 3. The lowest BCUT2D eigenvalue weighted by Crippen LogP contribution is -2.31. The summed E-state index contributed by atoms with van der Waals surface area (Å²) in [5.41, 5.74) is 0.713. The van der Waals surface area contributed by atoms with Crippen molar-refractivity contribution >= 4 is 56.8 Å². The Morgan fingerprint density at radius 1 is 1.09 bits per heavy atom. The van der Waals surface area contributed by atoms with Crippen LogP contribution in [0.15, 0.2) is 76.9 Å². The number of hydrogen-bond donors (Lipinski definition) is 2. The van der Waals surface area contributed by atoms with Crippen LogP contribution in [-0.4, -0.2) is 23.8 Å². The number of anilines is 1. The first-order valence-corrected chi connectivity index (χ1v) is 10.6. The van der Waals surface area contributed by atoms with Gasteiger partial charge in [-0.05, 0) is 54.1 Å². The maximum atomic E-state index is 13.0. The number of non-ortho nitro benzene ring substituents is 1. The molecule has 0 spiro atoms. The predicted molar refractivity (Wildman–Crippen MR) is 129 cm³/mol. The number of carbonyl (C=O) groups is 2. The van der Waals surface area contributed by atoms with Crippen LogP contribution in [0.3, 0.4) is 0 Å². The van der Waals surface area contributed by atoms with E-state index >= 15 is 0 Å². The lowest BCUT2D eigenvalue weighted by Gasteiger charge is -2.13. The van der Waals surface area contributed by atoms with Gasteiger partial charge in [0, 0.05) is 27.3 Å². The molecule has 3 aromatic carbocycles. The molecule has 0 atom stereocenters. The molecule has 0 saturated heterocycles. The average molecular weight is 531 g/mol. The average Bonchev–Trinajstić information content (AvgIpc) is 2.80. The molecule has 10 heteroatoms. The number of carbonyl (C=O) groups excluding carboxylic acids is 2. The molecule has 2 amide bonds. The fourth-order valence-electron chi connectivity index (χ4n) is 2.83. The summed E-state index contributed by atoms with van der Waals surface area (Å²) in [5, 5.41) is 16.9. The first-order valence-electron chi connectivity index (χ1n) is 9.45. The summed E-state index contributed by atoms with van der Waals surface area (Å²) in [6, 6.07) is 17.0. The van der Waals surface area contributed by atoms with E-state index in [2.05, 4.69) is 26.6 Å². The van der Waals surface area contributed by atoms with E-state index in [1.807, 2.05) is 0 Å². The Morgan fingerprint density at radius 3 is 2.48 bits per heavy atom. The topological polar surface area (TPSA) is 111 Å². The molecule has 0 aliphatic heterocycles. The number of ether oxygens (including phenoxy) is 1. The van der Waals surface area contributed by atoms with Gasteiger partial charge in [-0.2, -0.15) is 0 Å². The second-order valence-electron chi connectivity index (χ2n) is 6.67. The molecule has 3 aromatic rings. The Balaban J connectivity index is 1.97. The van der Waals surface area contributed by atoms with Gasteiger partial charge in [-0.1, -0.05) is 39.7 Å². The fraction of sp³-hybridized carbons (Fsp3) is 0.0435. The zero-order valence-corrected chi connectivity index (χ0v) is 19.5. The normalized spacial score (nSPS) is 10.9. The van der Waals surface area contributed by atoms with Gasteiger partial charge in [0.15, 0.2) is 0 Å². The van der Waals surface area contributed by atoms with E-state index in [9.17, 15) is 19.7 Å². The number of hydrogen-bond acceptors (Lipinski definition) is 5. The van der Waals surface area contributed by atoms with Crippen LogP contribution in [0.5, 0.6) is 5.75 Å². The second-order valence-corrected chi connectivity index (χ2v) is 8.02. The van der Waals surface area contributed by atoms with Crippen LogP contribution in [0.2, 0.25) is 5.02 Å². The van der Waals surface area contributed by atoms with Gasteiger partial charge in [-0.15, -0.1) is 0 Å². The molecule has 0 heterocycles. The quantitative estimate of drug-likeness (QED) is 0.240. The molecule has 3 rings (SSSR count). The van der Waals surface area contributed by atoms with E-state index in [4.69, 9.17) is 16.3 Å². The highest BCUT2D eigenvalue weighted by molar-refractivity contribution is 9.10. The van der Waals surface area contributed by atoms with E-state index in [-0.39, 0.29) is 16.9 Å². The zero-order chi connectivity index (χ0) is 24.0. The summed E-state index contributed by atoms with van der Waals surface area (Å²) in [6.07, 6.45) is 1.35. The highest BCUT2D eigenvalue weighted by Crippen LogP contribution is 2.24. The smallest absolute Gasteiger partial charge is 0.272 e. The van der Waals surface area contributed by atoms with E-state index in [0.29, 0.717) is 26.5 Å². The highest BCUT2D eigenvalue weighted by atomic mass is 79.9. The van der Waals surface area contributed by atoms with Gasteiger partial charge in [-0.25, -0.2) is 0 Å². The van der Waals surface area contributed by atoms with Crippen LogP contribution in [-0.2, 0) is 4.79 Å². The van der Waals surface area contributed by atoms with Gasteiger partial charge >= 0.3 is 0 Å². The molecule has 0 bridgehead atoms. The first-order chi connectivity index (χ1) is 15.8. The number of nitro groups is 1. The molecule has 8 nitrogen and oxygen atoms in total. The molecule has 0 aliphatic carbocycles. The Morgan fingerprint density at radius 2 is 1.82 bits per heavy atom. The monoisotopic (exact) mass is 529 g/mol. The van der Waals surface area contributed by atoms with Gasteiger partial charge in [0.1, 0.15) is 11.4 Å². The summed E-state index contributed by atoms with van der Waals surface area (Å²) in [4.78, 5) is 36.6. The molecule has 0 saturated carbocycles. The maximum Gasteiger partial charge on any atom is 0.272 e. The molecule has 0 fully saturated rings. The van der Waals surface area contributed by atoms with Gasteiger partial charge in [-0.3, -0.25) is 19.7 Å². The van der Waals surface area contributed by atoms with Gasteiger partial charge in [0.2, 0.25) is 0 Å². The molecule has 0 unspecified atom stereocenters. The second kappa shape index (κ2) is 10.8. The summed E-state index contributed by atoms with van der Waals surface area (Å²) in [6.45, 7) is 0. The summed E-state index contributed by atoms with van der Waals surface area (Å²) in [7, 11) is 1.42. The Labute approximate surface area is 202 Å². The molecule has 0 aliphatic rings. The van der Waals surface area contributed by atoms with Crippen LogP contribution in [0, 0.1) is 10.1 Å². The fourth-order valence-corrected chi connectivity index (χ4v) is 3.32. The molecule has 0 radical (unpaired) electrons.